The van der Waals surface area contributed by atoms with E-state index in [0.29, 0.717) is 0 Å². The highest BCUT2D eigenvalue weighted by Crippen LogP contribution is 2.40. The van der Waals surface area contributed by atoms with Gasteiger partial charge in [-0.25, -0.2) is 0 Å². The Labute approximate surface area is 88.9 Å². The minimum absolute atomic E-state index is 0.187. The lowest BCUT2D eigenvalue weighted by Gasteiger charge is -2.23. The first-order valence-corrected chi connectivity index (χ1v) is 5.29. The summed E-state index contributed by atoms with van der Waals surface area (Å²) in [5.74, 6) is -0.604. The molecule has 2 rings (SSSR count). The van der Waals surface area contributed by atoms with E-state index >= 15 is 0 Å². The quantitative estimate of drug-likeness (QED) is 0.633. The number of hydrogen-bond donors (Lipinski definition) is 2. The van der Waals surface area contributed by atoms with Crippen LogP contribution in [0.2, 0.25) is 0 Å². The summed E-state index contributed by atoms with van der Waals surface area (Å²) in [6.07, 6.45) is -1.32. The molecule has 0 radical (unpaired) electrons. The molecule has 2 saturated heterocycles. The first kappa shape index (κ1) is 10.7. The first-order valence-electron chi connectivity index (χ1n) is 4.78. The lowest BCUT2D eigenvalue weighted by molar-refractivity contribution is -0.186. The molecule has 1 N–H and O–H groups in total. The standard InChI is InChI=1S/C9H16O4S/c1-4(10)5-6-7(8(14)11-5)13-9(2,3)12-6/h4-8,10,14H,1-3H3/t4-,5-,6?,7+,8+/m1/s1. The number of aliphatic hydroxyl groups excluding tert-OH is 1. The molecule has 14 heavy (non-hydrogen) atoms. The summed E-state index contributed by atoms with van der Waals surface area (Å²) in [6.45, 7) is 5.39. The number of hydrogen-bond acceptors (Lipinski definition) is 5. The molecule has 0 bridgehead atoms. The van der Waals surface area contributed by atoms with Gasteiger partial charge in [-0.3, -0.25) is 0 Å². The zero-order valence-corrected chi connectivity index (χ0v) is 9.40. The molecule has 0 aromatic heterocycles. The highest BCUT2D eigenvalue weighted by Gasteiger charge is 2.55. The summed E-state index contributed by atoms with van der Waals surface area (Å²) in [5.41, 5.74) is -0.318. The van der Waals surface area contributed by atoms with Gasteiger partial charge >= 0.3 is 0 Å². The third-order valence-electron chi connectivity index (χ3n) is 2.54. The largest absolute Gasteiger partial charge is 0.391 e. The summed E-state index contributed by atoms with van der Waals surface area (Å²) >= 11 is 4.26. The SMILES string of the molecule is C[C@@H](O)[C@H]1O[C@@H](S)[C@H]2OC(C)(C)OC21. The minimum atomic E-state index is -0.604. The van der Waals surface area contributed by atoms with Crippen LogP contribution >= 0.6 is 12.6 Å². The Morgan fingerprint density at radius 2 is 1.86 bits per heavy atom. The van der Waals surface area contributed by atoms with Crippen molar-refractivity contribution in [3.63, 3.8) is 0 Å². The molecule has 2 fully saturated rings. The van der Waals surface area contributed by atoms with Crippen LogP contribution in [0, 0.1) is 0 Å². The summed E-state index contributed by atoms with van der Waals surface area (Å²) in [6, 6.07) is 0. The Morgan fingerprint density at radius 1 is 1.29 bits per heavy atom. The van der Waals surface area contributed by atoms with Gasteiger partial charge in [-0.05, 0) is 20.8 Å². The fraction of sp³-hybridized carbons (Fsp3) is 1.00. The van der Waals surface area contributed by atoms with E-state index in [1.807, 2.05) is 13.8 Å². The normalized spacial score (nSPS) is 47.8. The van der Waals surface area contributed by atoms with Crippen LogP contribution in [0.4, 0.5) is 0 Å². The average molecular weight is 220 g/mol. The smallest absolute Gasteiger partial charge is 0.164 e. The van der Waals surface area contributed by atoms with E-state index in [4.69, 9.17) is 14.2 Å². The van der Waals surface area contributed by atoms with Gasteiger partial charge in [0.1, 0.15) is 23.7 Å². The van der Waals surface area contributed by atoms with Gasteiger partial charge in [0.05, 0.1) is 6.10 Å². The highest BCUT2D eigenvalue weighted by atomic mass is 32.1. The van der Waals surface area contributed by atoms with Crippen molar-refractivity contribution in [2.24, 2.45) is 0 Å². The first-order chi connectivity index (χ1) is 6.41. The van der Waals surface area contributed by atoms with Gasteiger partial charge in [0.25, 0.3) is 0 Å². The highest BCUT2D eigenvalue weighted by molar-refractivity contribution is 7.80. The molecule has 2 aliphatic heterocycles. The second-order valence-electron chi connectivity index (χ2n) is 4.30. The van der Waals surface area contributed by atoms with E-state index in [1.165, 1.54) is 0 Å². The van der Waals surface area contributed by atoms with E-state index in [9.17, 15) is 5.11 Å². The van der Waals surface area contributed by atoms with Crippen molar-refractivity contribution in [2.75, 3.05) is 0 Å². The molecule has 0 saturated carbocycles. The van der Waals surface area contributed by atoms with Crippen LogP contribution < -0.4 is 0 Å². The predicted octanol–water partition coefficient (Wildman–Crippen LogP) is 0.542. The summed E-state index contributed by atoms with van der Waals surface area (Å²) in [7, 11) is 0. The van der Waals surface area contributed by atoms with E-state index in [2.05, 4.69) is 12.6 Å². The van der Waals surface area contributed by atoms with Crippen molar-refractivity contribution in [3.05, 3.63) is 0 Å². The number of ether oxygens (including phenoxy) is 3. The lowest BCUT2D eigenvalue weighted by Crippen LogP contribution is -2.36. The number of fused-ring (bicyclic) bond motifs is 1. The second-order valence-corrected chi connectivity index (χ2v) is 4.81. The predicted molar refractivity (Wildman–Crippen MR) is 53.2 cm³/mol. The van der Waals surface area contributed by atoms with E-state index in [1.54, 1.807) is 6.92 Å². The fourth-order valence-electron chi connectivity index (χ4n) is 2.00. The monoisotopic (exact) mass is 220 g/mol. The summed E-state index contributed by atoms with van der Waals surface area (Å²) in [4.78, 5) is 0. The molecule has 5 atom stereocenters. The molecule has 4 nitrogen and oxygen atoms in total. The van der Waals surface area contributed by atoms with Crippen molar-refractivity contribution in [1.29, 1.82) is 0 Å². The minimum Gasteiger partial charge on any atom is -0.391 e. The lowest BCUT2D eigenvalue weighted by atomic mass is 10.1. The van der Waals surface area contributed by atoms with Crippen LogP contribution in [0.25, 0.3) is 0 Å². The molecule has 82 valence electrons. The van der Waals surface area contributed by atoms with Crippen LogP contribution in [0.15, 0.2) is 0 Å². The van der Waals surface area contributed by atoms with E-state index in [-0.39, 0.29) is 23.7 Å². The number of rotatable bonds is 1. The molecule has 0 spiro atoms. The third-order valence-corrected chi connectivity index (χ3v) is 2.96. The van der Waals surface area contributed by atoms with Crippen LogP contribution in [-0.4, -0.2) is 40.7 Å². The molecule has 2 heterocycles. The van der Waals surface area contributed by atoms with Gasteiger partial charge in [0.2, 0.25) is 0 Å². The van der Waals surface area contributed by atoms with Crippen molar-refractivity contribution in [3.8, 4) is 0 Å². The Balaban J connectivity index is 2.15. The van der Waals surface area contributed by atoms with Gasteiger partial charge in [-0.1, -0.05) is 0 Å². The zero-order valence-electron chi connectivity index (χ0n) is 8.51. The van der Waals surface area contributed by atoms with Crippen LogP contribution in [0.3, 0.4) is 0 Å². The topological polar surface area (TPSA) is 47.9 Å². The second kappa shape index (κ2) is 3.35. The van der Waals surface area contributed by atoms with Crippen LogP contribution in [0.1, 0.15) is 20.8 Å². The van der Waals surface area contributed by atoms with Gasteiger partial charge in [0, 0.05) is 0 Å². The molecular weight excluding hydrogens is 204 g/mol. The fourth-order valence-corrected chi connectivity index (χ4v) is 2.37. The van der Waals surface area contributed by atoms with Gasteiger partial charge in [-0.15, -0.1) is 12.6 Å². The molecule has 1 unspecified atom stereocenters. The molecule has 2 aliphatic rings. The van der Waals surface area contributed by atoms with Crippen molar-refractivity contribution >= 4 is 12.6 Å². The Morgan fingerprint density at radius 3 is 2.43 bits per heavy atom. The molecule has 0 aliphatic carbocycles. The Hall–Kier alpha value is 0.190. The van der Waals surface area contributed by atoms with Crippen molar-refractivity contribution < 1.29 is 19.3 Å². The maximum absolute atomic E-state index is 9.49. The zero-order chi connectivity index (χ0) is 10.5. The van der Waals surface area contributed by atoms with E-state index in [0.717, 1.165) is 0 Å². The summed E-state index contributed by atoms with van der Waals surface area (Å²) < 4.78 is 16.7. The van der Waals surface area contributed by atoms with Gasteiger partial charge in [-0.2, -0.15) is 0 Å². The van der Waals surface area contributed by atoms with Gasteiger partial charge in [0.15, 0.2) is 5.79 Å². The maximum atomic E-state index is 9.49. The van der Waals surface area contributed by atoms with Crippen LogP contribution in [-0.2, 0) is 14.2 Å². The molecular formula is C9H16O4S. The molecule has 0 amide bonds. The maximum Gasteiger partial charge on any atom is 0.164 e. The Kier molecular flexibility index (Phi) is 2.56. The average Bonchev–Trinajstić information content (AvgIpc) is 2.47. The van der Waals surface area contributed by atoms with E-state index < -0.39 is 11.9 Å². The molecule has 5 heteroatoms. The summed E-state index contributed by atoms with van der Waals surface area (Å²) in [5, 5.41) is 9.49. The van der Waals surface area contributed by atoms with Crippen molar-refractivity contribution in [1.82, 2.24) is 0 Å². The number of thiol groups is 1. The third kappa shape index (κ3) is 1.67. The number of aliphatic hydroxyl groups is 1. The van der Waals surface area contributed by atoms with Gasteiger partial charge < -0.3 is 19.3 Å². The van der Waals surface area contributed by atoms with Crippen LogP contribution in [0.5, 0.6) is 0 Å². The molecule has 0 aromatic rings. The Bertz CT molecular complexity index is 229. The molecule has 0 aromatic carbocycles. The van der Waals surface area contributed by atoms with Crippen molar-refractivity contribution in [2.45, 2.75) is 56.4 Å².